The largest absolute Gasteiger partial charge is 0.301 e. The van der Waals surface area contributed by atoms with Crippen LogP contribution >= 0.6 is 0 Å². The van der Waals surface area contributed by atoms with Gasteiger partial charge < -0.3 is 4.57 Å². The standard InChI is InChI=1S/C17H22FN3O3S/c1-4-20(11-14-6-5-7-15(18)10-14)13-21-12-16(8-9-17(21)22)25(23,24)19(2)3/h5-10,12H,4,11,13H2,1-3H3. The van der Waals surface area contributed by atoms with E-state index in [-0.39, 0.29) is 22.9 Å². The van der Waals surface area contributed by atoms with Gasteiger partial charge in [0.05, 0.1) is 11.6 Å². The van der Waals surface area contributed by atoms with E-state index in [1.165, 1.54) is 49.1 Å². The molecule has 2 aromatic rings. The fourth-order valence-electron chi connectivity index (χ4n) is 2.35. The van der Waals surface area contributed by atoms with Gasteiger partial charge in [-0.05, 0) is 30.3 Å². The summed E-state index contributed by atoms with van der Waals surface area (Å²) in [6.45, 7) is 3.20. The van der Waals surface area contributed by atoms with Crippen LogP contribution in [0.3, 0.4) is 0 Å². The Labute approximate surface area is 147 Å². The summed E-state index contributed by atoms with van der Waals surface area (Å²) in [7, 11) is -0.743. The van der Waals surface area contributed by atoms with Gasteiger partial charge in [-0.25, -0.2) is 17.1 Å². The molecule has 1 aromatic heterocycles. The molecule has 136 valence electrons. The molecule has 0 saturated carbocycles. The van der Waals surface area contributed by atoms with E-state index in [4.69, 9.17) is 0 Å². The SMILES string of the molecule is CCN(Cc1cccc(F)c1)Cn1cc(S(=O)(=O)N(C)C)ccc1=O. The maximum atomic E-state index is 13.3. The fourth-order valence-corrected chi connectivity index (χ4v) is 3.28. The average Bonchev–Trinajstić information content (AvgIpc) is 2.55. The normalized spacial score (nSPS) is 12.1. The van der Waals surface area contributed by atoms with Gasteiger partial charge in [-0.1, -0.05) is 19.1 Å². The van der Waals surface area contributed by atoms with Crippen LogP contribution in [0.5, 0.6) is 0 Å². The predicted octanol–water partition coefficient (Wildman–Crippen LogP) is 1.72. The first kappa shape index (κ1) is 19.3. The number of halogens is 1. The van der Waals surface area contributed by atoms with Crippen molar-refractivity contribution in [3.05, 3.63) is 64.3 Å². The zero-order valence-electron chi connectivity index (χ0n) is 14.5. The summed E-state index contributed by atoms with van der Waals surface area (Å²) in [5.41, 5.74) is 0.488. The molecule has 0 spiro atoms. The van der Waals surface area contributed by atoms with Crippen molar-refractivity contribution in [3.63, 3.8) is 0 Å². The second-order valence-electron chi connectivity index (χ2n) is 5.88. The van der Waals surface area contributed by atoms with E-state index in [1.807, 2.05) is 11.8 Å². The highest BCUT2D eigenvalue weighted by Crippen LogP contribution is 2.12. The molecule has 6 nitrogen and oxygen atoms in total. The molecule has 0 unspecified atom stereocenters. The van der Waals surface area contributed by atoms with Crippen molar-refractivity contribution in [1.82, 2.24) is 13.8 Å². The van der Waals surface area contributed by atoms with Gasteiger partial charge in [0.1, 0.15) is 5.82 Å². The van der Waals surface area contributed by atoms with Crippen molar-refractivity contribution in [2.75, 3.05) is 20.6 Å². The highest BCUT2D eigenvalue weighted by Gasteiger charge is 2.18. The number of pyridine rings is 1. The summed E-state index contributed by atoms with van der Waals surface area (Å²) in [5.74, 6) is -0.315. The van der Waals surface area contributed by atoms with Gasteiger partial charge in [0, 0.05) is 32.9 Å². The third kappa shape index (κ3) is 4.75. The molecule has 1 heterocycles. The van der Waals surface area contributed by atoms with Crippen LogP contribution in [0.4, 0.5) is 4.39 Å². The van der Waals surface area contributed by atoms with Gasteiger partial charge in [0.25, 0.3) is 5.56 Å². The van der Waals surface area contributed by atoms with Crippen LogP contribution in [0.15, 0.2) is 52.3 Å². The van der Waals surface area contributed by atoms with E-state index in [2.05, 4.69) is 0 Å². The van der Waals surface area contributed by atoms with Gasteiger partial charge in [0.15, 0.2) is 0 Å². The number of nitrogens with zero attached hydrogens (tertiary/aromatic N) is 3. The van der Waals surface area contributed by atoms with Crippen molar-refractivity contribution < 1.29 is 12.8 Å². The van der Waals surface area contributed by atoms with E-state index in [9.17, 15) is 17.6 Å². The number of rotatable bonds is 7. The minimum absolute atomic E-state index is 0.0545. The van der Waals surface area contributed by atoms with Gasteiger partial charge in [0.2, 0.25) is 10.0 Å². The summed E-state index contributed by atoms with van der Waals surface area (Å²) >= 11 is 0. The van der Waals surface area contributed by atoms with E-state index >= 15 is 0 Å². The Bertz CT molecular complexity index is 894. The summed E-state index contributed by atoms with van der Waals surface area (Å²) in [4.78, 5) is 14.1. The molecule has 25 heavy (non-hydrogen) atoms. The van der Waals surface area contributed by atoms with Crippen LogP contribution in [0.2, 0.25) is 0 Å². The van der Waals surface area contributed by atoms with E-state index in [1.54, 1.807) is 12.1 Å². The highest BCUT2D eigenvalue weighted by atomic mass is 32.2. The molecule has 2 rings (SSSR count). The molecule has 0 atom stereocenters. The van der Waals surface area contributed by atoms with Crippen molar-refractivity contribution in [3.8, 4) is 0 Å². The van der Waals surface area contributed by atoms with Crippen LogP contribution in [0.25, 0.3) is 0 Å². The Morgan fingerprint density at radius 3 is 2.48 bits per heavy atom. The lowest BCUT2D eigenvalue weighted by Gasteiger charge is -2.22. The van der Waals surface area contributed by atoms with Crippen molar-refractivity contribution in [2.24, 2.45) is 0 Å². The predicted molar refractivity (Wildman–Crippen MR) is 94.1 cm³/mol. The van der Waals surface area contributed by atoms with Crippen molar-refractivity contribution >= 4 is 10.0 Å². The fraction of sp³-hybridized carbons (Fsp3) is 0.353. The van der Waals surface area contributed by atoms with Gasteiger partial charge in [-0.2, -0.15) is 0 Å². The third-order valence-electron chi connectivity index (χ3n) is 3.83. The first-order valence-electron chi connectivity index (χ1n) is 7.84. The lowest BCUT2D eigenvalue weighted by molar-refractivity contribution is 0.216. The second-order valence-corrected chi connectivity index (χ2v) is 8.03. The first-order chi connectivity index (χ1) is 11.7. The van der Waals surface area contributed by atoms with Gasteiger partial charge in [-0.15, -0.1) is 0 Å². The minimum Gasteiger partial charge on any atom is -0.301 e. The molecule has 0 bridgehead atoms. The molecule has 0 fully saturated rings. The Hall–Kier alpha value is -2.03. The second kappa shape index (κ2) is 7.90. The molecule has 0 N–H and O–H groups in total. The van der Waals surface area contributed by atoms with Crippen LogP contribution < -0.4 is 5.56 Å². The van der Waals surface area contributed by atoms with E-state index < -0.39 is 10.0 Å². The number of aromatic nitrogens is 1. The Balaban J connectivity index is 2.27. The quantitative estimate of drug-likeness (QED) is 0.748. The molecule has 0 aliphatic carbocycles. The van der Waals surface area contributed by atoms with Gasteiger partial charge in [-0.3, -0.25) is 9.69 Å². The molecular formula is C17H22FN3O3S. The van der Waals surface area contributed by atoms with Crippen LogP contribution in [0, 0.1) is 5.82 Å². The molecule has 1 aromatic carbocycles. The van der Waals surface area contributed by atoms with Crippen molar-refractivity contribution in [1.29, 1.82) is 0 Å². The summed E-state index contributed by atoms with van der Waals surface area (Å²) < 4.78 is 40.2. The molecule has 0 amide bonds. The lowest BCUT2D eigenvalue weighted by Crippen LogP contribution is -2.32. The smallest absolute Gasteiger partial charge is 0.251 e. The first-order valence-corrected chi connectivity index (χ1v) is 9.28. The topological polar surface area (TPSA) is 62.6 Å². The molecule has 0 radical (unpaired) electrons. The van der Waals surface area contributed by atoms with E-state index in [0.717, 1.165) is 9.87 Å². The molecule has 8 heteroatoms. The zero-order valence-corrected chi connectivity index (χ0v) is 15.3. The number of hydrogen-bond acceptors (Lipinski definition) is 4. The third-order valence-corrected chi connectivity index (χ3v) is 5.63. The molecule has 0 saturated heterocycles. The van der Waals surface area contributed by atoms with E-state index in [0.29, 0.717) is 13.1 Å². The maximum Gasteiger partial charge on any atom is 0.251 e. The summed E-state index contributed by atoms with van der Waals surface area (Å²) in [6.07, 6.45) is 1.34. The molecular weight excluding hydrogens is 345 g/mol. The molecule has 0 aliphatic rings. The number of hydrogen-bond donors (Lipinski definition) is 0. The lowest BCUT2D eigenvalue weighted by atomic mass is 10.2. The van der Waals surface area contributed by atoms with Gasteiger partial charge >= 0.3 is 0 Å². The van der Waals surface area contributed by atoms with Crippen LogP contribution in [0.1, 0.15) is 12.5 Å². The summed E-state index contributed by atoms with van der Waals surface area (Å²) in [5, 5.41) is 0. The Kier molecular flexibility index (Phi) is 6.10. The van der Waals surface area contributed by atoms with Crippen LogP contribution in [-0.4, -0.2) is 42.8 Å². The minimum atomic E-state index is -3.62. The zero-order chi connectivity index (χ0) is 18.6. The average molecular weight is 367 g/mol. The number of benzene rings is 1. The Morgan fingerprint density at radius 2 is 1.88 bits per heavy atom. The Morgan fingerprint density at radius 1 is 1.16 bits per heavy atom. The summed E-state index contributed by atoms with van der Waals surface area (Å²) in [6, 6.07) is 8.80. The van der Waals surface area contributed by atoms with Crippen LogP contribution in [-0.2, 0) is 23.2 Å². The monoisotopic (exact) mass is 367 g/mol. The highest BCUT2D eigenvalue weighted by molar-refractivity contribution is 7.89. The number of sulfonamides is 1. The maximum absolute atomic E-state index is 13.3. The molecule has 0 aliphatic heterocycles. The van der Waals surface area contributed by atoms with Crippen molar-refractivity contribution in [2.45, 2.75) is 25.0 Å².